The van der Waals surface area contributed by atoms with Gasteiger partial charge in [-0.15, -0.1) is 0 Å². The summed E-state index contributed by atoms with van der Waals surface area (Å²) in [6.07, 6.45) is 2.93. The summed E-state index contributed by atoms with van der Waals surface area (Å²) in [6.45, 7) is 8.33. The lowest BCUT2D eigenvalue weighted by atomic mass is 9.77. The number of ether oxygens (including phenoxy) is 1. The molecule has 1 N–H and O–H groups in total. The average Bonchev–Trinajstić information content (AvgIpc) is 3.35. The number of amides is 1. The number of nitrogens with one attached hydrogen (secondary N) is 1. The Kier molecular flexibility index (Phi) is 7.28. The Morgan fingerprint density at radius 1 is 0.949 bits per heavy atom. The molecule has 3 aromatic rings. The number of hydrogen-bond acceptors (Lipinski definition) is 6. The monoisotopic (exact) mass is 522 g/mol. The molecule has 0 bridgehead atoms. The fourth-order valence-corrected chi connectivity index (χ4v) is 4.93. The van der Waals surface area contributed by atoms with Crippen LogP contribution in [-0.2, 0) is 18.8 Å². The second-order valence-corrected chi connectivity index (χ2v) is 10.8. The topological polar surface area (TPSA) is 86.2 Å². The third-order valence-corrected chi connectivity index (χ3v) is 7.76. The summed E-state index contributed by atoms with van der Waals surface area (Å²) in [5.74, 6) is -0.0196. The summed E-state index contributed by atoms with van der Waals surface area (Å²) in [5.41, 5.74) is 5.68. The van der Waals surface area contributed by atoms with E-state index in [-0.39, 0.29) is 19.1 Å². The Balaban J connectivity index is 1.30. The molecule has 2 aliphatic rings. The van der Waals surface area contributed by atoms with Crippen molar-refractivity contribution in [3.8, 4) is 11.1 Å². The van der Waals surface area contributed by atoms with Crippen LogP contribution in [0.15, 0.2) is 83.3 Å². The van der Waals surface area contributed by atoms with E-state index in [2.05, 4.69) is 34.6 Å². The van der Waals surface area contributed by atoms with Crippen molar-refractivity contribution >= 4 is 31.1 Å². The van der Waals surface area contributed by atoms with E-state index in [0.29, 0.717) is 5.69 Å². The minimum absolute atomic E-state index is 0.0196. The molecule has 0 spiro atoms. The highest BCUT2D eigenvalue weighted by Crippen LogP contribution is 2.44. The van der Waals surface area contributed by atoms with Crippen molar-refractivity contribution in [2.75, 3.05) is 13.2 Å². The van der Waals surface area contributed by atoms with Gasteiger partial charge in [-0.2, -0.15) is 4.99 Å². The SMILES string of the molecule is CC1(C)OB(C(=Cc2ccc(N=C=O)cc2)CNC(=O)OCC2c3ccccc3-c3ccccc32)OC1(C)C. The quantitative estimate of drug-likeness (QED) is 0.227. The minimum Gasteiger partial charge on any atom is -0.449 e. The number of isocyanates is 1. The van der Waals surface area contributed by atoms with Crippen LogP contribution >= 0.6 is 0 Å². The van der Waals surface area contributed by atoms with Gasteiger partial charge in [0, 0.05) is 12.5 Å². The van der Waals surface area contributed by atoms with E-state index in [0.717, 1.165) is 22.2 Å². The number of carbonyl (C=O) groups is 1. The highest BCUT2D eigenvalue weighted by atomic mass is 16.7. The van der Waals surface area contributed by atoms with Gasteiger partial charge < -0.3 is 19.4 Å². The number of fused-ring (bicyclic) bond motifs is 3. The third kappa shape index (κ3) is 5.45. The first-order valence-electron chi connectivity index (χ1n) is 13.0. The maximum atomic E-state index is 12.9. The molecule has 8 heteroatoms. The largest absolute Gasteiger partial charge is 0.492 e. The first-order valence-corrected chi connectivity index (χ1v) is 13.0. The first kappa shape index (κ1) is 26.6. The fourth-order valence-electron chi connectivity index (χ4n) is 4.93. The summed E-state index contributed by atoms with van der Waals surface area (Å²) in [7, 11) is -0.656. The number of nitrogens with zero attached hydrogens (tertiary/aromatic N) is 1. The molecule has 0 radical (unpaired) electrons. The number of rotatable bonds is 7. The van der Waals surface area contributed by atoms with Crippen LogP contribution in [0, 0.1) is 0 Å². The van der Waals surface area contributed by atoms with Gasteiger partial charge in [-0.3, -0.25) is 0 Å². The van der Waals surface area contributed by atoms with Gasteiger partial charge in [-0.25, -0.2) is 9.59 Å². The first-order chi connectivity index (χ1) is 18.7. The van der Waals surface area contributed by atoms with Crippen molar-refractivity contribution < 1.29 is 23.6 Å². The lowest BCUT2D eigenvalue weighted by Gasteiger charge is -2.32. The van der Waals surface area contributed by atoms with E-state index in [9.17, 15) is 9.59 Å². The van der Waals surface area contributed by atoms with Crippen molar-refractivity contribution in [2.24, 2.45) is 4.99 Å². The van der Waals surface area contributed by atoms with Crippen molar-refractivity contribution in [3.63, 3.8) is 0 Å². The van der Waals surface area contributed by atoms with Gasteiger partial charge in [0.15, 0.2) is 0 Å². The molecule has 1 saturated heterocycles. The van der Waals surface area contributed by atoms with Gasteiger partial charge in [0.2, 0.25) is 6.08 Å². The second kappa shape index (κ2) is 10.7. The molecule has 198 valence electrons. The van der Waals surface area contributed by atoms with Crippen LogP contribution < -0.4 is 5.32 Å². The summed E-state index contributed by atoms with van der Waals surface area (Å²) in [4.78, 5) is 27.1. The molecule has 0 saturated carbocycles. The minimum atomic E-state index is -0.656. The summed E-state index contributed by atoms with van der Waals surface area (Å²) in [5, 5.41) is 2.88. The summed E-state index contributed by atoms with van der Waals surface area (Å²) >= 11 is 0. The van der Waals surface area contributed by atoms with Crippen LogP contribution in [0.4, 0.5) is 10.5 Å². The smallest absolute Gasteiger partial charge is 0.449 e. The molecule has 1 aliphatic heterocycles. The molecule has 0 atom stereocenters. The second-order valence-electron chi connectivity index (χ2n) is 10.8. The molecular formula is C31H31BN2O5. The van der Waals surface area contributed by atoms with E-state index in [4.69, 9.17) is 14.0 Å². The molecule has 5 rings (SSSR count). The highest BCUT2D eigenvalue weighted by molar-refractivity contribution is 6.56. The molecule has 0 aromatic heterocycles. The van der Waals surface area contributed by atoms with Gasteiger partial charge in [-0.05, 0) is 73.1 Å². The van der Waals surface area contributed by atoms with Crippen LogP contribution in [0.25, 0.3) is 17.2 Å². The molecule has 1 heterocycles. The number of benzene rings is 3. The maximum Gasteiger partial charge on any atom is 0.492 e. The van der Waals surface area contributed by atoms with E-state index >= 15 is 0 Å². The Morgan fingerprint density at radius 2 is 1.51 bits per heavy atom. The molecule has 7 nitrogen and oxygen atoms in total. The van der Waals surface area contributed by atoms with Crippen LogP contribution in [-0.4, -0.2) is 43.6 Å². The number of hydrogen-bond donors (Lipinski definition) is 1. The maximum absolute atomic E-state index is 12.9. The molecule has 1 aliphatic carbocycles. The Bertz CT molecular complexity index is 1400. The molecule has 1 amide bonds. The van der Waals surface area contributed by atoms with Crippen molar-refractivity contribution in [3.05, 3.63) is 95.0 Å². The number of aliphatic imine (C=N–C) groups is 1. The van der Waals surface area contributed by atoms with Gasteiger partial charge in [0.05, 0.1) is 16.9 Å². The predicted octanol–water partition coefficient (Wildman–Crippen LogP) is 6.21. The zero-order chi connectivity index (χ0) is 27.6. The molecular weight excluding hydrogens is 491 g/mol. The molecule has 1 fully saturated rings. The Morgan fingerprint density at radius 3 is 2.08 bits per heavy atom. The van der Waals surface area contributed by atoms with Crippen molar-refractivity contribution in [2.45, 2.75) is 44.8 Å². The van der Waals surface area contributed by atoms with Crippen LogP contribution in [0.3, 0.4) is 0 Å². The van der Waals surface area contributed by atoms with E-state index < -0.39 is 24.4 Å². The summed E-state index contributed by atoms with van der Waals surface area (Å²) < 4.78 is 18.2. The van der Waals surface area contributed by atoms with Crippen molar-refractivity contribution in [1.82, 2.24) is 5.32 Å². The van der Waals surface area contributed by atoms with E-state index in [1.807, 2.05) is 70.2 Å². The lowest BCUT2D eigenvalue weighted by molar-refractivity contribution is 0.00578. The number of carbonyl (C=O) groups excluding carboxylic acids is 2. The van der Waals surface area contributed by atoms with Crippen LogP contribution in [0.2, 0.25) is 0 Å². The fraction of sp³-hybridized carbons (Fsp3) is 0.290. The normalized spacial score (nSPS) is 17.2. The Hall–Kier alpha value is -3.97. The van der Waals surface area contributed by atoms with Gasteiger partial charge in [0.25, 0.3) is 0 Å². The Labute approximate surface area is 229 Å². The molecule has 3 aromatic carbocycles. The highest BCUT2D eigenvalue weighted by Gasteiger charge is 2.52. The van der Waals surface area contributed by atoms with Gasteiger partial charge in [-0.1, -0.05) is 66.7 Å². The van der Waals surface area contributed by atoms with Crippen molar-refractivity contribution in [1.29, 1.82) is 0 Å². The van der Waals surface area contributed by atoms with Crippen LogP contribution in [0.5, 0.6) is 0 Å². The third-order valence-electron chi connectivity index (χ3n) is 7.76. The van der Waals surface area contributed by atoms with Gasteiger partial charge >= 0.3 is 13.2 Å². The predicted molar refractivity (Wildman–Crippen MR) is 151 cm³/mol. The number of alkyl carbamates (subject to hydrolysis) is 1. The van der Waals surface area contributed by atoms with Crippen LogP contribution in [0.1, 0.15) is 50.3 Å². The lowest BCUT2D eigenvalue weighted by Crippen LogP contribution is -2.41. The molecule has 39 heavy (non-hydrogen) atoms. The average molecular weight is 522 g/mol. The zero-order valence-corrected chi connectivity index (χ0v) is 22.6. The standard InChI is InChI=1S/C31H31BN2O5/c1-30(2)31(3,4)39-32(38-30)22(17-21-13-15-23(16-14-21)34-20-35)18-33-29(36)37-19-28-26-11-7-5-9-24(26)25-10-6-8-12-27(25)28/h5-17,28H,18-19H2,1-4H3,(H,33,36). The summed E-state index contributed by atoms with van der Waals surface area (Å²) in [6, 6.07) is 23.6. The molecule has 0 unspecified atom stereocenters. The van der Waals surface area contributed by atoms with Gasteiger partial charge in [0.1, 0.15) is 6.61 Å². The zero-order valence-electron chi connectivity index (χ0n) is 22.6. The van der Waals surface area contributed by atoms with E-state index in [1.165, 1.54) is 11.1 Å². The van der Waals surface area contributed by atoms with E-state index in [1.54, 1.807) is 18.2 Å².